The molecule has 4 aromatic rings. The maximum atomic E-state index is 13.3. The number of rotatable bonds is 0. The molecule has 5 heteroatoms. The predicted molar refractivity (Wildman–Crippen MR) is 70.1 cm³/mol. The Morgan fingerprint density at radius 1 is 0.789 bits per heavy atom. The summed E-state index contributed by atoms with van der Waals surface area (Å²) in [5.74, 6) is -0.326. The van der Waals surface area contributed by atoms with Crippen LogP contribution in [0.1, 0.15) is 0 Å². The molecule has 0 amide bonds. The highest BCUT2D eigenvalue weighted by atomic mass is 19.1. The van der Waals surface area contributed by atoms with Crippen molar-refractivity contribution in [1.29, 1.82) is 0 Å². The number of nitrogens with zero attached hydrogens (tertiary/aromatic N) is 4. The Balaban J connectivity index is 2.23. The summed E-state index contributed by atoms with van der Waals surface area (Å²) in [6.45, 7) is 0. The van der Waals surface area contributed by atoms with Crippen LogP contribution in [0.25, 0.3) is 33.1 Å². The molecule has 0 aliphatic carbocycles. The lowest BCUT2D eigenvalue weighted by molar-refractivity contribution is 0.629. The summed E-state index contributed by atoms with van der Waals surface area (Å²) in [4.78, 5) is 8.83. The number of benzene rings is 2. The predicted octanol–water partition coefficient (Wildman–Crippen LogP) is 2.87. The van der Waals surface area contributed by atoms with E-state index in [1.807, 2.05) is 24.3 Å². The second-order valence-electron chi connectivity index (χ2n) is 4.25. The Labute approximate surface area is 106 Å². The summed E-state index contributed by atoms with van der Waals surface area (Å²) in [6.07, 6.45) is 0. The van der Waals surface area contributed by atoms with Gasteiger partial charge in [0.1, 0.15) is 11.3 Å². The summed E-state index contributed by atoms with van der Waals surface area (Å²) in [6, 6.07) is 11.9. The van der Waals surface area contributed by atoms with Gasteiger partial charge in [0.15, 0.2) is 0 Å². The molecule has 0 saturated heterocycles. The Hall–Kier alpha value is -2.69. The monoisotopic (exact) mass is 250 g/mol. The van der Waals surface area contributed by atoms with Gasteiger partial charge < -0.3 is 0 Å². The van der Waals surface area contributed by atoms with E-state index < -0.39 is 0 Å². The Kier molecular flexibility index (Phi) is 1.97. The van der Waals surface area contributed by atoms with Crippen LogP contribution in [0.4, 0.5) is 4.39 Å². The lowest BCUT2D eigenvalue weighted by Crippen LogP contribution is -1.94. The van der Waals surface area contributed by atoms with Crippen molar-refractivity contribution in [1.82, 2.24) is 20.2 Å². The van der Waals surface area contributed by atoms with E-state index in [2.05, 4.69) is 20.2 Å². The van der Waals surface area contributed by atoms with Crippen molar-refractivity contribution in [3.8, 4) is 0 Å². The van der Waals surface area contributed by atoms with E-state index in [4.69, 9.17) is 0 Å². The van der Waals surface area contributed by atoms with Crippen LogP contribution in [-0.4, -0.2) is 20.2 Å². The number of fused-ring (bicyclic) bond motifs is 4. The minimum absolute atomic E-state index is 0.326. The molecule has 4 rings (SSSR count). The number of hydrogen-bond donors (Lipinski definition) is 0. The van der Waals surface area contributed by atoms with Gasteiger partial charge in [0.05, 0.1) is 16.6 Å². The van der Waals surface area contributed by atoms with E-state index in [0.29, 0.717) is 22.2 Å². The van der Waals surface area contributed by atoms with Gasteiger partial charge >= 0.3 is 0 Å². The smallest absolute Gasteiger partial charge is 0.201 e. The summed E-state index contributed by atoms with van der Waals surface area (Å²) >= 11 is 0. The highest BCUT2D eigenvalue weighted by Crippen LogP contribution is 2.21. The average molecular weight is 250 g/mol. The molecular weight excluding hydrogens is 243 g/mol. The normalized spacial score (nSPS) is 11.4. The summed E-state index contributed by atoms with van der Waals surface area (Å²) in [7, 11) is 0. The third-order valence-electron chi connectivity index (χ3n) is 3.02. The molecule has 0 atom stereocenters. The molecule has 2 aromatic heterocycles. The van der Waals surface area contributed by atoms with Crippen LogP contribution in [0.3, 0.4) is 0 Å². The minimum atomic E-state index is -0.326. The lowest BCUT2D eigenvalue weighted by Gasteiger charge is -2.02. The van der Waals surface area contributed by atoms with Gasteiger partial charge in [-0.1, -0.05) is 18.2 Å². The molecule has 4 nitrogen and oxygen atoms in total. The van der Waals surface area contributed by atoms with Crippen molar-refractivity contribution >= 4 is 33.1 Å². The fourth-order valence-corrected chi connectivity index (χ4v) is 2.13. The zero-order valence-corrected chi connectivity index (χ0v) is 9.71. The summed E-state index contributed by atoms with van der Waals surface area (Å²) in [5.41, 5.74) is 2.99. The summed E-state index contributed by atoms with van der Waals surface area (Å²) in [5, 5.41) is 9.04. The fourth-order valence-electron chi connectivity index (χ4n) is 2.13. The summed E-state index contributed by atoms with van der Waals surface area (Å²) < 4.78 is 13.3. The Morgan fingerprint density at radius 3 is 2.63 bits per heavy atom. The molecule has 0 radical (unpaired) electrons. The van der Waals surface area contributed by atoms with Crippen molar-refractivity contribution in [2.75, 3.05) is 0 Å². The third-order valence-corrected chi connectivity index (χ3v) is 3.02. The highest BCUT2D eigenvalue weighted by Gasteiger charge is 2.08. The van der Waals surface area contributed by atoms with Crippen molar-refractivity contribution in [2.45, 2.75) is 0 Å². The zero-order valence-electron chi connectivity index (χ0n) is 9.71. The van der Waals surface area contributed by atoms with Crippen LogP contribution in [0.2, 0.25) is 0 Å². The first-order valence-corrected chi connectivity index (χ1v) is 5.80. The van der Waals surface area contributed by atoms with Crippen LogP contribution in [0, 0.1) is 5.82 Å². The van der Waals surface area contributed by atoms with E-state index in [9.17, 15) is 4.39 Å². The van der Waals surface area contributed by atoms with Gasteiger partial charge in [-0.3, -0.25) is 0 Å². The molecule has 0 spiro atoms. The Bertz CT molecular complexity index is 936. The van der Waals surface area contributed by atoms with Gasteiger partial charge in [0.2, 0.25) is 5.65 Å². The molecule has 0 bridgehead atoms. The van der Waals surface area contributed by atoms with Crippen molar-refractivity contribution in [3.05, 3.63) is 48.3 Å². The first-order valence-electron chi connectivity index (χ1n) is 5.80. The molecule has 19 heavy (non-hydrogen) atoms. The van der Waals surface area contributed by atoms with Crippen molar-refractivity contribution < 1.29 is 4.39 Å². The highest BCUT2D eigenvalue weighted by molar-refractivity contribution is 6.01. The van der Waals surface area contributed by atoms with E-state index in [1.165, 1.54) is 12.1 Å². The third kappa shape index (κ3) is 1.52. The fraction of sp³-hybridized carbons (Fsp3) is 0. The maximum absolute atomic E-state index is 13.3. The topological polar surface area (TPSA) is 51.6 Å². The standard InChI is InChI=1S/C14H7FN4/c15-8-5-6-11-12(7-8)16-13-9-3-1-2-4-10(9)18-19-14(13)17-11/h1-7H. The molecular formula is C14H7FN4. The van der Waals surface area contributed by atoms with E-state index in [1.54, 1.807) is 6.07 Å². The van der Waals surface area contributed by atoms with Crippen LogP contribution >= 0.6 is 0 Å². The van der Waals surface area contributed by atoms with Gasteiger partial charge in [-0.25, -0.2) is 14.4 Å². The first-order chi connectivity index (χ1) is 9.31. The SMILES string of the molecule is Fc1ccc2nc3nnc4ccccc4c3nc2c1. The molecule has 90 valence electrons. The quantitative estimate of drug-likeness (QED) is 0.355. The van der Waals surface area contributed by atoms with Crippen LogP contribution in [0.5, 0.6) is 0 Å². The maximum Gasteiger partial charge on any atom is 0.201 e. The molecule has 0 N–H and O–H groups in total. The zero-order chi connectivity index (χ0) is 12.8. The van der Waals surface area contributed by atoms with Crippen molar-refractivity contribution in [3.63, 3.8) is 0 Å². The molecule has 0 aliphatic heterocycles. The second kappa shape index (κ2) is 3.65. The van der Waals surface area contributed by atoms with E-state index in [-0.39, 0.29) is 5.82 Å². The number of hydrogen-bond acceptors (Lipinski definition) is 4. The van der Waals surface area contributed by atoms with Gasteiger partial charge in [-0.2, -0.15) is 0 Å². The average Bonchev–Trinajstić information content (AvgIpc) is 2.45. The van der Waals surface area contributed by atoms with Crippen LogP contribution in [-0.2, 0) is 0 Å². The molecule has 0 unspecified atom stereocenters. The second-order valence-corrected chi connectivity index (χ2v) is 4.25. The van der Waals surface area contributed by atoms with Gasteiger partial charge in [0.25, 0.3) is 0 Å². The van der Waals surface area contributed by atoms with E-state index in [0.717, 1.165) is 10.9 Å². The molecule has 2 heterocycles. The van der Waals surface area contributed by atoms with Gasteiger partial charge in [-0.05, 0) is 18.2 Å². The molecule has 0 aliphatic rings. The van der Waals surface area contributed by atoms with Gasteiger partial charge in [0, 0.05) is 11.5 Å². The van der Waals surface area contributed by atoms with Crippen LogP contribution < -0.4 is 0 Å². The molecule has 0 saturated carbocycles. The number of aromatic nitrogens is 4. The lowest BCUT2D eigenvalue weighted by atomic mass is 10.2. The van der Waals surface area contributed by atoms with Gasteiger partial charge in [-0.15, -0.1) is 10.2 Å². The largest absolute Gasteiger partial charge is 0.242 e. The van der Waals surface area contributed by atoms with Crippen molar-refractivity contribution in [2.24, 2.45) is 0 Å². The molecule has 2 aromatic carbocycles. The molecule has 0 fully saturated rings. The van der Waals surface area contributed by atoms with Crippen LogP contribution in [0.15, 0.2) is 42.5 Å². The Morgan fingerprint density at radius 2 is 1.68 bits per heavy atom. The van der Waals surface area contributed by atoms with E-state index >= 15 is 0 Å². The first kappa shape index (κ1) is 10.3. The minimum Gasteiger partial charge on any atom is -0.242 e. The number of halogens is 1.